The minimum absolute atomic E-state index is 0.244. The van der Waals surface area contributed by atoms with E-state index in [4.69, 9.17) is 0 Å². The maximum atomic E-state index is 13.1. The molecule has 0 saturated carbocycles. The largest absolute Gasteiger partial charge is 0.315 e. The second kappa shape index (κ2) is 7.31. The summed E-state index contributed by atoms with van der Waals surface area (Å²) in [6.07, 6.45) is 3.99. The molecule has 0 bridgehead atoms. The van der Waals surface area contributed by atoms with Crippen molar-refractivity contribution in [3.63, 3.8) is 0 Å². The Morgan fingerprint density at radius 3 is 2.80 bits per heavy atom. The number of nitrogens with zero attached hydrogens (tertiary/aromatic N) is 1. The van der Waals surface area contributed by atoms with Gasteiger partial charge in [0.1, 0.15) is 5.82 Å². The van der Waals surface area contributed by atoms with Gasteiger partial charge in [-0.25, -0.2) is 4.39 Å². The molecule has 0 atom stereocenters. The molecule has 0 aliphatic carbocycles. The topological polar surface area (TPSA) is 37.0 Å². The van der Waals surface area contributed by atoms with Gasteiger partial charge in [0.2, 0.25) is 0 Å². The second-order valence-electron chi connectivity index (χ2n) is 3.39. The number of aromatic nitrogens is 1. The monoisotopic (exact) mass is 211 g/mol. The molecule has 0 aliphatic rings. The van der Waals surface area contributed by atoms with Gasteiger partial charge in [0.05, 0.1) is 6.20 Å². The lowest BCUT2D eigenvalue weighted by molar-refractivity contribution is 0.569. The molecule has 0 spiro atoms. The number of rotatable bonds is 7. The summed E-state index contributed by atoms with van der Waals surface area (Å²) in [6.45, 7) is 5.49. The second-order valence-corrected chi connectivity index (χ2v) is 3.39. The zero-order valence-electron chi connectivity index (χ0n) is 9.09. The van der Waals surface area contributed by atoms with Gasteiger partial charge in [-0.1, -0.05) is 6.92 Å². The van der Waals surface area contributed by atoms with Crippen molar-refractivity contribution in [1.82, 2.24) is 15.6 Å². The van der Waals surface area contributed by atoms with E-state index in [9.17, 15) is 4.39 Å². The first kappa shape index (κ1) is 12.1. The predicted molar refractivity (Wildman–Crippen MR) is 59.1 cm³/mol. The number of hydrogen-bond acceptors (Lipinski definition) is 3. The molecule has 2 N–H and O–H groups in total. The maximum absolute atomic E-state index is 13.1. The molecular weight excluding hydrogens is 193 g/mol. The molecule has 1 heterocycles. The minimum Gasteiger partial charge on any atom is -0.315 e. The molecule has 0 saturated heterocycles. The van der Waals surface area contributed by atoms with Gasteiger partial charge in [0.15, 0.2) is 0 Å². The Labute approximate surface area is 90.1 Å². The molecular formula is C11H18FN3. The van der Waals surface area contributed by atoms with Crippen LogP contribution in [0, 0.1) is 5.82 Å². The van der Waals surface area contributed by atoms with Crippen molar-refractivity contribution in [1.29, 1.82) is 0 Å². The third-order valence-corrected chi connectivity index (χ3v) is 2.08. The van der Waals surface area contributed by atoms with Gasteiger partial charge in [0, 0.05) is 31.4 Å². The lowest BCUT2D eigenvalue weighted by Crippen LogP contribution is -2.27. The summed E-state index contributed by atoms with van der Waals surface area (Å²) < 4.78 is 13.1. The zero-order chi connectivity index (χ0) is 10.9. The highest BCUT2D eigenvalue weighted by atomic mass is 19.1. The van der Waals surface area contributed by atoms with Crippen LogP contribution < -0.4 is 10.6 Å². The maximum Gasteiger partial charge on any atom is 0.145 e. The van der Waals surface area contributed by atoms with E-state index < -0.39 is 0 Å². The van der Waals surface area contributed by atoms with Crippen LogP contribution in [0.1, 0.15) is 18.9 Å². The van der Waals surface area contributed by atoms with Gasteiger partial charge < -0.3 is 10.6 Å². The third-order valence-electron chi connectivity index (χ3n) is 2.08. The summed E-state index contributed by atoms with van der Waals surface area (Å²) in [5.41, 5.74) is 0.667. The summed E-state index contributed by atoms with van der Waals surface area (Å²) >= 11 is 0. The number of hydrogen-bond donors (Lipinski definition) is 2. The van der Waals surface area contributed by atoms with Crippen LogP contribution in [0.5, 0.6) is 0 Å². The number of halogens is 1. The van der Waals surface area contributed by atoms with Gasteiger partial charge in [-0.15, -0.1) is 0 Å². The molecule has 0 fully saturated rings. The van der Waals surface area contributed by atoms with E-state index in [0.29, 0.717) is 12.1 Å². The van der Waals surface area contributed by atoms with Crippen molar-refractivity contribution in [3.05, 3.63) is 29.8 Å². The minimum atomic E-state index is -0.244. The van der Waals surface area contributed by atoms with E-state index in [2.05, 4.69) is 22.5 Å². The van der Waals surface area contributed by atoms with Crippen LogP contribution >= 0.6 is 0 Å². The molecule has 0 radical (unpaired) electrons. The van der Waals surface area contributed by atoms with E-state index in [-0.39, 0.29) is 5.82 Å². The van der Waals surface area contributed by atoms with E-state index in [1.165, 1.54) is 6.20 Å². The highest BCUT2D eigenvalue weighted by Gasteiger charge is 1.99. The van der Waals surface area contributed by atoms with E-state index in [1.807, 2.05) is 0 Å². The molecule has 1 rings (SSSR count). The Morgan fingerprint density at radius 2 is 2.07 bits per heavy atom. The highest BCUT2D eigenvalue weighted by Crippen LogP contribution is 2.02. The van der Waals surface area contributed by atoms with E-state index in [1.54, 1.807) is 12.3 Å². The molecule has 0 aliphatic heterocycles. The van der Waals surface area contributed by atoms with Crippen LogP contribution in [0.25, 0.3) is 0 Å². The van der Waals surface area contributed by atoms with Crippen LogP contribution in [0.4, 0.5) is 4.39 Å². The first-order valence-electron chi connectivity index (χ1n) is 5.34. The molecule has 3 nitrogen and oxygen atoms in total. The van der Waals surface area contributed by atoms with Crippen LogP contribution in [-0.2, 0) is 6.54 Å². The summed E-state index contributed by atoms with van der Waals surface area (Å²) in [5.74, 6) is -0.244. The summed E-state index contributed by atoms with van der Waals surface area (Å²) in [5, 5.41) is 6.44. The first-order chi connectivity index (χ1) is 7.34. The molecule has 1 aromatic rings. The molecule has 4 heteroatoms. The van der Waals surface area contributed by atoms with Crippen molar-refractivity contribution in [3.8, 4) is 0 Å². The smallest absolute Gasteiger partial charge is 0.145 e. The summed E-state index contributed by atoms with van der Waals surface area (Å²) in [4.78, 5) is 3.70. The number of pyridine rings is 1. The molecule has 1 aromatic heterocycles. The fraction of sp³-hybridized carbons (Fsp3) is 0.545. The van der Waals surface area contributed by atoms with Gasteiger partial charge in [-0.2, -0.15) is 0 Å². The van der Waals surface area contributed by atoms with E-state index in [0.717, 1.165) is 26.1 Å². The van der Waals surface area contributed by atoms with Crippen molar-refractivity contribution < 1.29 is 4.39 Å². The SMILES string of the molecule is CCCNCCNCc1ccncc1F. The molecule has 0 aromatic carbocycles. The Kier molecular flexibility index (Phi) is 5.88. The van der Waals surface area contributed by atoms with Crippen molar-refractivity contribution in [2.75, 3.05) is 19.6 Å². The average Bonchev–Trinajstić information content (AvgIpc) is 2.25. The fourth-order valence-electron chi connectivity index (χ4n) is 1.25. The van der Waals surface area contributed by atoms with Crippen molar-refractivity contribution >= 4 is 0 Å². The Bertz CT molecular complexity index is 278. The lowest BCUT2D eigenvalue weighted by atomic mass is 10.2. The molecule has 15 heavy (non-hydrogen) atoms. The number of nitrogens with one attached hydrogen (secondary N) is 2. The Balaban J connectivity index is 2.12. The van der Waals surface area contributed by atoms with Gasteiger partial charge >= 0.3 is 0 Å². The zero-order valence-corrected chi connectivity index (χ0v) is 9.09. The highest BCUT2D eigenvalue weighted by molar-refractivity contribution is 5.11. The van der Waals surface area contributed by atoms with Crippen LogP contribution in [0.3, 0.4) is 0 Å². The fourth-order valence-corrected chi connectivity index (χ4v) is 1.25. The van der Waals surface area contributed by atoms with Gasteiger partial charge in [0.25, 0.3) is 0 Å². The first-order valence-corrected chi connectivity index (χ1v) is 5.34. The average molecular weight is 211 g/mol. The van der Waals surface area contributed by atoms with Crippen LogP contribution in [-0.4, -0.2) is 24.6 Å². The summed E-state index contributed by atoms with van der Waals surface area (Å²) in [7, 11) is 0. The van der Waals surface area contributed by atoms with Crippen LogP contribution in [0.2, 0.25) is 0 Å². The normalized spacial score (nSPS) is 10.5. The van der Waals surface area contributed by atoms with Crippen molar-refractivity contribution in [2.45, 2.75) is 19.9 Å². The van der Waals surface area contributed by atoms with Gasteiger partial charge in [-0.05, 0) is 19.0 Å². The molecule has 0 amide bonds. The lowest BCUT2D eigenvalue weighted by Gasteiger charge is -2.06. The van der Waals surface area contributed by atoms with Crippen molar-refractivity contribution in [2.24, 2.45) is 0 Å². The predicted octanol–water partition coefficient (Wildman–Crippen LogP) is 1.31. The van der Waals surface area contributed by atoms with E-state index >= 15 is 0 Å². The Hall–Kier alpha value is -1.00. The quantitative estimate of drug-likeness (QED) is 0.668. The standard InChI is InChI=1S/C11H18FN3/c1-2-4-13-6-7-15-8-10-3-5-14-9-11(10)12/h3,5,9,13,15H,2,4,6-8H2,1H3. The Morgan fingerprint density at radius 1 is 1.27 bits per heavy atom. The van der Waals surface area contributed by atoms with Crippen LogP contribution in [0.15, 0.2) is 18.5 Å². The third kappa shape index (κ3) is 4.85. The van der Waals surface area contributed by atoms with Gasteiger partial charge in [-0.3, -0.25) is 4.98 Å². The summed E-state index contributed by atoms with van der Waals surface area (Å²) in [6, 6.07) is 1.70. The molecule has 0 unspecified atom stereocenters. The molecule has 84 valence electrons.